The van der Waals surface area contributed by atoms with Crippen LogP contribution in [0.1, 0.15) is 49.8 Å². The number of anilines is 1. The van der Waals surface area contributed by atoms with Gasteiger partial charge in [0.15, 0.2) is 11.6 Å². The van der Waals surface area contributed by atoms with Crippen molar-refractivity contribution in [2.75, 3.05) is 37.7 Å². The van der Waals surface area contributed by atoms with Crippen LogP contribution in [-0.2, 0) is 4.79 Å². The number of benzene rings is 2. The zero-order valence-electron chi connectivity index (χ0n) is 29.6. The van der Waals surface area contributed by atoms with Crippen LogP contribution >= 0.6 is 0 Å². The molecule has 7 heterocycles. The molecule has 3 aromatic heterocycles. The normalized spacial score (nSPS) is 24.2. The summed E-state index contributed by atoms with van der Waals surface area (Å²) in [5.41, 5.74) is 1.16. The topological polar surface area (TPSA) is 87.6 Å². The van der Waals surface area contributed by atoms with E-state index in [0.29, 0.717) is 78.7 Å². The molecule has 54 heavy (non-hydrogen) atoms. The lowest BCUT2D eigenvalue weighted by molar-refractivity contribution is -0.129. The van der Waals surface area contributed by atoms with Gasteiger partial charge >= 0.3 is 6.01 Å². The minimum atomic E-state index is -0.941. The van der Waals surface area contributed by atoms with Gasteiger partial charge in [0, 0.05) is 61.0 Å². The van der Waals surface area contributed by atoms with E-state index >= 15 is 8.78 Å². The molecule has 0 bridgehead atoms. The van der Waals surface area contributed by atoms with E-state index < -0.39 is 29.3 Å². The number of hydrogen-bond acceptors (Lipinski definition) is 8. The van der Waals surface area contributed by atoms with E-state index in [2.05, 4.69) is 30.7 Å². The molecule has 0 N–H and O–H groups in total. The maximum absolute atomic E-state index is 17.1. The summed E-state index contributed by atoms with van der Waals surface area (Å²) < 4.78 is 53.5. The highest BCUT2D eigenvalue weighted by Gasteiger charge is 2.50. The maximum atomic E-state index is 17.1. The third-order valence-electron chi connectivity index (χ3n) is 11.7. The summed E-state index contributed by atoms with van der Waals surface area (Å²) >= 11 is 0. The Morgan fingerprint density at radius 3 is 2.72 bits per heavy atom. The predicted octanol–water partition coefficient (Wildman–Crippen LogP) is 6.90. The molecule has 4 aliphatic rings. The van der Waals surface area contributed by atoms with Crippen LogP contribution in [0.25, 0.3) is 39.0 Å². The highest BCUT2D eigenvalue weighted by molar-refractivity contribution is 6.02. The number of alkyl halides is 1. The van der Waals surface area contributed by atoms with Gasteiger partial charge in [-0.25, -0.2) is 13.2 Å². The molecule has 0 aliphatic carbocycles. The van der Waals surface area contributed by atoms with E-state index in [0.717, 1.165) is 30.8 Å². The van der Waals surface area contributed by atoms with E-state index in [1.54, 1.807) is 41.6 Å². The first-order chi connectivity index (χ1) is 26.3. The van der Waals surface area contributed by atoms with Crippen molar-refractivity contribution in [2.45, 2.75) is 62.3 Å². The Labute approximate surface area is 310 Å². The van der Waals surface area contributed by atoms with Crippen LogP contribution in [0, 0.1) is 18.2 Å². The fourth-order valence-corrected chi connectivity index (χ4v) is 9.29. The first kappa shape index (κ1) is 34.2. The molecule has 274 valence electrons. The van der Waals surface area contributed by atoms with Crippen LogP contribution in [0.2, 0.25) is 0 Å². The van der Waals surface area contributed by atoms with Crippen LogP contribution in [0.15, 0.2) is 72.8 Å². The number of fused-ring (bicyclic) bond motifs is 4. The number of nitrogens with zero attached hydrogens (tertiary/aromatic N) is 7. The fraction of sp³-hybridized carbons (Fsp3) is 0.357. The van der Waals surface area contributed by atoms with Crippen LogP contribution in [0.5, 0.6) is 6.01 Å². The second kappa shape index (κ2) is 13.7. The molecular formula is C42H38F3N7O2. The van der Waals surface area contributed by atoms with Crippen molar-refractivity contribution in [3.63, 3.8) is 0 Å². The van der Waals surface area contributed by atoms with Gasteiger partial charge in [0.2, 0.25) is 0 Å². The molecule has 4 fully saturated rings. The first-order valence-electron chi connectivity index (χ1n) is 18.6. The largest absolute Gasteiger partial charge is 0.461 e. The molecule has 1 amide bonds. The van der Waals surface area contributed by atoms with Crippen molar-refractivity contribution in [1.29, 1.82) is 0 Å². The lowest BCUT2D eigenvalue weighted by Crippen LogP contribution is -2.51. The Hall–Kier alpha value is -5.54. The van der Waals surface area contributed by atoms with Crippen molar-refractivity contribution in [3.8, 4) is 29.6 Å². The van der Waals surface area contributed by atoms with Gasteiger partial charge in [-0.1, -0.05) is 42.3 Å². The zero-order chi connectivity index (χ0) is 37.0. The third-order valence-corrected chi connectivity index (χ3v) is 11.7. The molecular weight excluding hydrogens is 692 g/mol. The van der Waals surface area contributed by atoms with Gasteiger partial charge in [-0.2, -0.15) is 9.97 Å². The van der Waals surface area contributed by atoms with E-state index in [9.17, 15) is 9.18 Å². The van der Waals surface area contributed by atoms with Gasteiger partial charge in [0.1, 0.15) is 29.8 Å². The van der Waals surface area contributed by atoms with Crippen LogP contribution in [-0.4, -0.2) is 92.2 Å². The summed E-state index contributed by atoms with van der Waals surface area (Å²) in [6.45, 7) is 2.25. The second-order valence-electron chi connectivity index (χ2n) is 14.7. The summed E-state index contributed by atoms with van der Waals surface area (Å²) in [6.07, 6.45) is 13.2. The number of aromatic nitrogens is 4. The summed E-state index contributed by atoms with van der Waals surface area (Å²) in [5.74, 6) is 0.940. The standard InChI is InChI=1S/C42H38F3N7O2/c1-2-26-9-5-10-27-11-6-13-30(35(26)27)37-36(45)38-31(23-47-37)39(49-41(48-38)54-25-42-16-8-18-50(42)24-28(43)22-42)51-19-7-14-33-34(51)15-20-52(33)40(53)32(44)21-29-12-3-4-17-46-29/h1,3-6,9-13,17,21,23,28,33-34H,7-8,14-16,18-20,22,24-25H2/b32-21-/t28?,33?,34?,42-/m0/s1. The molecule has 5 aromatic rings. The molecule has 0 spiro atoms. The summed E-state index contributed by atoms with van der Waals surface area (Å²) in [7, 11) is 0. The Morgan fingerprint density at radius 2 is 1.89 bits per heavy atom. The quantitative estimate of drug-likeness (QED) is 0.132. The van der Waals surface area contributed by atoms with Crippen LogP contribution < -0.4 is 9.64 Å². The molecule has 4 saturated heterocycles. The van der Waals surface area contributed by atoms with E-state index in [-0.39, 0.29) is 35.9 Å². The molecule has 9 rings (SSSR count). The monoisotopic (exact) mass is 729 g/mol. The average molecular weight is 730 g/mol. The molecule has 4 aliphatic heterocycles. The number of carbonyl (C=O) groups excluding carboxylic acids is 1. The van der Waals surface area contributed by atoms with Gasteiger partial charge in [-0.15, -0.1) is 6.42 Å². The molecule has 2 aromatic carbocycles. The SMILES string of the molecule is C#Cc1cccc2cccc(-c3ncc4c(N5CCCC6C5CCN6C(=O)/C(F)=C/c5ccccn5)nc(OC[C@@]56CCCN5CC(F)C6)nc4c3F)c12. The summed E-state index contributed by atoms with van der Waals surface area (Å²) in [6, 6.07) is 15.7. The minimum Gasteiger partial charge on any atom is -0.461 e. The number of piperidine rings is 1. The number of hydrogen-bond donors (Lipinski definition) is 0. The third kappa shape index (κ3) is 5.82. The predicted molar refractivity (Wildman–Crippen MR) is 201 cm³/mol. The first-order valence-corrected chi connectivity index (χ1v) is 18.6. The smallest absolute Gasteiger partial charge is 0.319 e. The number of pyridine rings is 2. The number of terminal acetylenes is 1. The molecule has 9 nitrogen and oxygen atoms in total. The Kier molecular flexibility index (Phi) is 8.69. The van der Waals surface area contributed by atoms with Crippen molar-refractivity contribution in [1.82, 2.24) is 29.7 Å². The molecule has 0 saturated carbocycles. The fourth-order valence-electron chi connectivity index (χ4n) is 9.29. The highest BCUT2D eigenvalue weighted by Crippen LogP contribution is 2.42. The molecule has 12 heteroatoms. The average Bonchev–Trinajstić information content (AvgIpc) is 3.89. The van der Waals surface area contributed by atoms with Gasteiger partial charge < -0.3 is 14.5 Å². The second-order valence-corrected chi connectivity index (χ2v) is 14.7. The number of likely N-dealkylation sites (tertiary alicyclic amines) is 1. The van der Waals surface area contributed by atoms with Crippen LogP contribution in [0.3, 0.4) is 0 Å². The highest BCUT2D eigenvalue weighted by atomic mass is 19.1. The molecule has 4 atom stereocenters. The number of amides is 1. The number of halogens is 3. The van der Waals surface area contributed by atoms with Crippen LogP contribution in [0.4, 0.5) is 19.0 Å². The van der Waals surface area contributed by atoms with Crippen molar-refractivity contribution in [2.24, 2.45) is 0 Å². The van der Waals surface area contributed by atoms with Crippen molar-refractivity contribution in [3.05, 3.63) is 89.9 Å². The lowest BCUT2D eigenvalue weighted by atomic mass is 9.95. The summed E-state index contributed by atoms with van der Waals surface area (Å²) in [4.78, 5) is 37.7. The number of carbonyl (C=O) groups is 1. The van der Waals surface area contributed by atoms with Gasteiger partial charge in [0.05, 0.1) is 28.7 Å². The van der Waals surface area contributed by atoms with Gasteiger partial charge in [0.25, 0.3) is 5.91 Å². The van der Waals surface area contributed by atoms with E-state index in [1.807, 2.05) is 30.3 Å². The Bertz CT molecular complexity index is 2350. The number of ether oxygens (including phenoxy) is 1. The van der Waals surface area contributed by atoms with Crippen molar-refractivity contribution >= 4 is 39.5 Å². The van der Waals surface area contributed by atoms with E-state index in [1.165, 1.54) is 0 Å². The lowest BCUT2D eigenvalue weighted by Gasteiger charge is -2.40. The molecule has 3 unspecified atom stereocenters. The Morgan fingerprint density at radius 1 is 1.02 bits per heavy atom. The molecule has 0 radical (unpaired) electrons. The van der Waals surface area contributed by atoms with E-state index in [4.69, 9.17) is 16.1 Å². The van der Waals surface area contributed by atoms with Crippen molar-refractivity contribution < 1.29 is 22.7 Å². The zero-order valence-corrected chi connectivity index (χ0v) is 29.6. The summed E-state index contributed by atoms with van der Waals surface area (Å²) in [5, 5.41) is 1.95. The maximum Gasteiger partial charge on any atom is 0.319 e. The minimum absolute atomic E-state index is 0.0169. The Balaban J connectivity index is 1.12. The number of rotatable bonds is 7. The van der Waals surface area contributed by atoms with Gasteiger partial charge in [-0.05, 0) is 62.2 Å². The van der Waals surface area contributed by atoms with Gasteiger partial charge in [-0.3, -0.25) is 19.7 Å².